The molecule has 0 atom stereocenters. The molecule has 0 spiro atoms. The Kier molecular flexibility index (Phi) is 9.79. The zero-order valence-electron chi connectivity index (χ0n) is 21.7. The SMILES string of the molecule is CCOc1ccccc1CCCNC(=O)CN(c1ccc(C)cc1)S(=O)(=O)c1ccc(OC)c(OC)c1. The summed E-state index contributed by atoms with van der Waals surface area (Å²) < 4.78 is 44.6. The summed E-state index contributed by atoms with van der Waals surface area (Å²) in [5, 5.41) is 2.85. The van der Waals surface area contributed by atoms with Gasteiger partial charge in [0.2, 0.25) is 5.91 Å². The quantitative estimate of drug-likeness (QED) is 0.333. The molecule has 0 radical (unpaired) electrons. The molecule has 3 aromatic rings. The third-order valence-corrected chi connectivity index (χ3v) is 7.54. The number of anilines is 1. The molecule has 0 unspecified atom stereocenters. The van der Waals surface area contributed by atoms with Gasteiger partial charge in [0.05, 0.1) is 31.4 Å². The Morgan fingerprint density at radius 2 is 1.62 bits per heavy atom. The largest absolute Gasteiger partial charge is 0.494 e. The first-order valence-electron chi connectivity index (χ1n) is 12.1. The number of aryl methyl sites for hydroxylation is 2. The van der Waals surface area contributed by atoms with E-state index in [1.165, 1.54) is 32.4 Å². The Hall–Kier alpha value is -3.72. The van der Waals surface area contributed by atoms with Gasteiger partial charge in [-0.05, 0) is 62.6 Å². The van der Waals surface area contributed by atoms with Crippen LogP contribution in [0, 0.1) is 6.92 Å². The number of nitrogens with zero attached hydrogens (tertiary/aromatic N) is 1. The number of hydrogen-bond donors (Lipinski definition) is 1. The summed E-state index contributed by atoms with van der Waals surface area (Å²) in [7, 11) is -1.17. The third kappa shape index (κ3) is 7.16. The topological polar surface area (TPSA) is 94.2 Å². The van der Waals surface area contributed by atoms with Crippen molar-refractivity contribution in [1.82, 2.24) is 5.32 Å². The molecule has 37 heavy (non-hydrogen) atoms. The molecule has 0 saturated heterocycles. The molecule has 198 valence electrons. The van der Waals surface area contributed by atoms with E-state index in [-0.39, 0.29) is 17.2 Å². The second kappa shape index (κ2) is 13.0. The number of amides is 1. The van der Waals surface area contributed by atoms with Crippen LogP contribution in [0.3, 0.4) is 0 Å². The molecule has 8 nitrogen and oxygen atoms in total. The zero-order valence-corrected chi connectivity index (χ0v) is 22.5. The lowest BCUT2D eigenvalue weighted by Gasteiger charge is -2.24. The smallest absolute Gasteiger partial charge is 0.264 e. The number of para-hydroxylation sites is 1. The van der Waals surface area contributed by atoms with Crippen LogP contribution in [0.15, 0.2) is 71.6 Å². The Bertz CT molecular complexity index is 1290. The second-order valence-electron chi connectivity index (χ2n) is 8.36. The molecule has 0 bridgehead atoms. The van der Waals surface area contributed by atoms with Crippen molar-refractivity contribution in [1.29, 1.82) is 0 Å². The molecular formula is C28H34N2O6S. The van der Waals surface area contributed by atoms with Gasteiger partial charge in [0, 0.05) is 12.6 Å². The molecule has 0 heterocycles. The fourth-order valence-corrected chi connectivity index (χ4v) is 5.27. The van der Waals surface area contributed by atoms with Crippen LogP contribution < -0.4 is 23.8 Å². The van der Waals surface area contributed by atoms with Gasteiger partial charge in [-0.25, -0.2) is 8.42 Å². The van der Waals surface area contributed by atoms with Crippen molar-refractivity contribution in [2.24, 2.45) is 0 Å². The molecule has 3 rings (SSSR count). The van der Waals surface area contributed by atoms with Crippen LogP contribution in [0.1, 0.15) is 24.5 Å². The Morgan fingerprint density at radius 3 is 2.30 bits per heavy atom. The molecule has 1 N–H and O–H groups in total. The first-order chi connectivity index (χ1) is 17.8. The van der Waals surface area contributed by atoms with Crippen LogP contribution >= 0.6 is 0 Å². The maximum absolute atomic E-state index is 13.7. The number of methoxy groups -OCH3 is 2. The number of ether oxygens (including phenoxy) is 3. The van der Waals surface area contributed by atoms with Crippen molar-refractivity contribution in [2.45, 2.75) is 31.6 Å². The number of carbonyl (C=O) groups is 1. The number of nitrogens with one attached hydrogen (secondary N) is 1. The molecule has 3 aromatic carbocycles. The van der Waals surface area contributed by atoms with Gasteiger partial charge >= 0.3 is 0 Å². The molecule has 0 saturated carbocycles. The number of hydrogen-bond acceptors (Lipinski definition) is 6. The van der Waals surface area contributed by atoms with Gasteiger partial charge in [-0.2, -0.15) is 0 Å². The summed E-state index contributed by atoms with van der Waals surface area (Å²) in [6.07, 6.45) is 1.41. The standard InChI is InChI=1S/C28H34N2O6S/c1-5-36-25-11-7-6-9-22(25)10-8-18-29-28(31)20-30(23-14-12-21(2)13-15-23)37(32,33)24-16-17-26(34-3)27(19-24)35-4/h6-7,9,11-17,19H,5,8,10,18,20H2,1-4H3,(H,29,31). The molecule has 0 aromatic heterocycles. The Morgan fingerprint density at radius 1 is 0.919 bits per heavy atom. The van der Waals surface area contributed by atoms with Crippen LogP contribution in [0.5, 0.6) is 17.2 Å². The first-order valence-corrected chi connectivity index (χ1v) is 13.5. The lowest BCUT2D eigenvalue weighted by molar-refractivity contribution is -0.119. The van der Waals surface area contributed by atoms with E-state index < -0.39 is 15.9 Å². The van der Waals surface area contributed by atoms with Gasteiger partial charge in [0.25, 0.3) is 10.0 Å². The van der Waals surface area contributed by atoms with Crippen molar-refractivity contribution >= 4 is 21.6 Å². The number of rotatable bonds is 13. The van der Waals surface area contributed by atoms with E-state index in [0.29, 0.717) is 31.0 Å². The zero-order chi connectivity index (χ0) is 26.8. The Labute approximate surface area is 219 Å². The van der Waals surface area contributed by atoms with E-state index in [0.717, 1.165) is 27.6 Å². The molecule has 9 heteroatoms. The molecule has 0 aliphatic carbocycles. The normalized spacial score (nSPS) is 11.0. The number of carbonyl (C=O) groups excluding carboxylic acids is 1. The van der Waals surface area contributed by atoms with Gasteiger partial charge in [0.1, 0.15) is 12.3 Å². The lowest BCUT2D eigenvalue weighted by Crippen LogP contribution is -2.41. The van der Waals surface area contributed by atoms with Crippen molar-refractivity contribution < 1.29 is 27.4 Å². The summed E-state index contributed by atoms with van der Waals surface area (Å²) in [5.41, 5.74) is 2.43. The molecule has 1 amide bonds. The highest BCUT2D eigenvalue weighted by Gasteiger charge is 2.28. The highest BCUT2D eigenvalue weighted by molar-refractivity contribution is 7.92. The monoisotopic (exact) mass is 526 g/mol. The van der Waals surface area contributed by atoms with Crippen LogP contribution in [0.25, 0.3) is 0 Å². The number of benzene rings is 3. The van der Waals surface area contributed by atoms with Gasteiger partial charge in [0.15, 0.2) is 11.5 Å². The fraction of sp³-hybridized carbons (Fsp3) is 0.321. The van der Waals surface area contributed by atoms with Crippen LogP contribution in [-0.2, 0) is 21.2 Å². The summed E-state index contributed by atoms with van der Waals surface area (Å²) in [6, 6.07) is 19.1. The molecule has 0 aliphatic heterocycles. The minimum atomic E-state index is -4.08. The van der Waals surface area contributed by atoms with Crippen molar-refractivity contribution in [2.75, 3.05) is 38.2 Å². The van der Waals surface area contributed by atoms with E-state index in [1.54, 1.807) is 24.3 Å². The summed E-state index contributed by atoms with van der Waals surface area (Å²) in [6.45, 7) is 4.46. The van der Waals surface area contributed by atoms with Gasteiger partial charge < -0.3 is 19.5 Å². The first kappa shape index (κ1) is 27.9. The minimum Gasteiger partial charge on any atom is -0.494 e. The molecule has 0 aliphatic rings. The molecular weight excluding hydrogens is 492 g/mol. The highest BCUT2D eigenvalue weighted by Crippen LogP contribution is 2.32. The fourth-order valence-electron chi connectivity index (χ4n) is 3.83. The average molecular weight is 527 g/mol. The number of sulfonamides is 1. The second-order valence-corrected chi connectivity index (χ2v) is 10.2. The van der Waals surface area contributed by atoms with Crippen LogP contribution in [-0.4, -0.2) is 48.2 Å². The lowest BCUT2D eigenvalue weighted by atomic mass is 10.1. The summed E-state index contributed by atoms with van der Waals surface area (Å²) >= 11 is 0. The van der Waals surface area contributed by atoms with E-state index >= 15 is 0 Å². The van der Waals surface area contributed by atoms with E-state index in [4.69, 9.17) is 14.2 Å². The minimum absolute atomic E-state index is 0.00828. The maximum atomic E-state index is 13.7. The maximum Gasteiger partial charge on any atom is 0.264 e. The van der Waals surface area contributed by atoms with Crippen molar-refractivity contribution in [3.8, 4) is 17.2 Å². The average Bonchev–Trinajstić information content (AvgIpc) is 2.90. The van der Waals surface area contributed by atoms with Crippen molar-refractivity contribution in [3.63, 3.8) is 0 Å². The summed E-state index contributed by atoms with van der Waals surface area (Å²) in [4.78, 5) is 12.9. The third-order valence-electron chi connectivity index (χ3n) is 5.77. The van der Waals surface area contributed by atoms with Crippen LogP contribution in [0.2, 0.25) is 0 Å². The predicted octanol–water partition coefficient (Wildman–Crippen LogP) is 4.36. The Balaban J connectivity index is 1.75. The highest BCUT2D eigenvalue weighted by atomic mass is 32.2. The van der Waals surface area contributed by atoms with E-state index in [9.17, 15) is 13.2 Å². The van der Waals surface area contributed by atoms with E-state index in [2.05, 4.69) is 5.32 Å². The van der Waals surface area contributed by atoms with Gasteiger partial charge in [-0.3, -0.25) is 9.10 Å². The predicted molar refractivity (Wildman–Crippen MR) is 144 cm³/mol. The van der Waals surface area contributed by atoms with Gasteiger partial charge in [-0.15, -0.1) is 0 Å². The van der Waals surface area contributed by atoms with Crippen LogP contribution in [0.4, 0.5) is 5.69 Å². The van der Waals surface area contributed by atoms with Gasteiger partial charge in [-0.1, -0.05) is 35.9 Å². The van der Waals surface area contributed by atoms with E-state index in [1.807, 2.05) is 38.1 Å². The summed E-state index contributed by atoms with van der Waals surface area (Å²) in [5.74, 6) is 1.13. The molecule has 0 fully saturated rings. The van der Waals surface area contributed by atoms with Crippen molar-refractivity contribution in [3.05, 3.63) is 77.9 Å².